The third-order valence-electron chi connectivity index (χ3n) is 5.05. The lowest BCUT2D eigenvalue weighted by Crippen LogP contribution is -2.44. The molecule has 10 heteroatoms. The minimum atomic E-state index is -1.31. The molecule has 178 valence electrons. The number of carbonyl (C=O) groups excluding carboxylic acids is 1. The van der Waals surface area contributed by atoms with E-state index in [1.807, 2.05) is 37.3 Å². The summed E-state index contributed by atoms with van der Waals surface area (Å²) in [5.41, 5.74) is 2.77. The largest absolute Gasteiger partial charge is 0.444 e. The molecule has 0 bridgehead atoms. The normalized spacial score (nSPS) is 13.6. The van der Waals surface area contributed by atoms with E-state index in [9.17, 15) is 9.18 Å². The number of alkyl halides is 1. The number of rotatable bonds is 7. The molecule has 1 amide bonds. The number of carbonyl (C=O) groups is 1. The number of amides is 1. The summed E-state index contributed by atoms with van der Waals surface area (Å²) in [5, 5.41) is 10.4. The lowest BCUT2D eigenvalue weighted by Gasteiger charge is -2.24. The molecule has 0 aliphatic heterocycles. The summed E-state index contributed by atoms with van der Waals surface area (Å²) in [6.45, 7) is 9.14. The predicted octanol–water partition coefficient (Wildman–Crippen LogP) is 5.86. The van der Waals surface area contributed by atoms with E-state index in [1.165, 1.54) is 6.92 Å². The van der Waals surface area contributed by atoms with Crippen LogP contribution < -0.4 is 10.6 Å². The number of nitrogens with one attached hydrogen (secondary N) is 2. The van der Waals surface area contributed by atoms with Crippen LogP contribution in [0.5, 0.6) is 0 Å². The third-order valence-corrected chi connectivity index (χ3v) is 6.02. The lowest BCUT2D eigenvalue weighted by molar-refractivity contribution is 0.0477. The van der Waals surface area contributed by atoms with Crippen LogP contribution in [0, 0.1) is 6.92 Å². The Balaban J connectivity index is 1.92. The highest BCUT2D eigenvalue weighted by atomic mass is 79.9. The molecule has 3 aromatic rings. The molecule has 0 radical (unpaired) electrons. The molecule has 33 heavy (non-hydrogen) atoms. The summed E-state index contributed by atoms with van der Waals surface area (Å²) in [6, 6.07) is 9.11. The van der Waals surface area contributed by atoms with Crippen molar-refractivity contribution in [1.82, 2.24) is 19.9 Å². The number of fused-ring (bicyclic) bond motifs is 1. The van der Waals surface area contributed by atoms with Crippen LogP contribution in [0.3, 0.4) is 0 Å². The summed E-state index contributed by atoms with van der Waals surface area (Å²) in [4.78, 5) is 16.6. The average Bonchev–Trinajstić information content (AvgIpc) is 2.95. The van der Waals surface area contributed by atoms with E-state index < -0.39 is 23.9 Å². The second kappa shape index (κ2) is 10.3. The maximum Gasteiger partial charge on any atom is 0.407 e. The number of benzene rings is 1. The quantitative estimate of drug-likeness (QED) is 0.392. The van der Waals surface area contributed by atoms with Crippen molar-refractivity contribution in [3.05, 3.63) is 56.9 Å². The van der Waals surface area contributed by atoms with Gasteiger partial charge in [-0.3, -0.25) is 0 Å². The van der Waals surface area contributed by atoms with E-state index in [-0.39, 0.29) is 11.7 Å². The monoisotopic (exact) mass is 539 g/mol. The fourth-order valence-electron chi connectivity index (χ4n) is 3.45. The third kappa shape index (κ3) is 6.35. The summed E-state index contributed by atoms with van der Waals surface area (Å²) in [7, 11) is 0. The molecule has 3 rings (SSSR count). The first-order valence-corrected chi connectivity index (χ1v) is 11.8. The lowest BCUT2D eigenvalue weighted by atomic mass is 10.0. The Labute approximate surface area is 206 Å². The van der Waals surface area contributed by atoms with Crippen molar-refractivity contribution >= 4 is 45.0 Å². The summed E-state index contributed by atoms with van der Waals surface area (Å²) in [5.74, 6) is 0.563. The van der Waals surface area contributed by atoms with Gasteiger partial charge in [0, 0.05) is 6.54 Å². The summed E-state index contributed by atoms with van der Waals surface area (Å²) in [6.07, 6.45) is -1.75. The Bertz CT molecular complexity index is 1130. The fraction of sp³-hybridized carbons (Fsp3) is 0.435. The number of anilines is 1. The van der Waals surface area contributed by atoms with Crippen LogP contribution in [0.15, 0.2) is 34.9 Å². The predicted molar refractivity (Wildman–Crippen MR) is 132 cm³/mol. The van der Waals surface area contributed by atoms with Crippen LogP contribution in [-0.2, 0) is 17.7 Å². The highest BCUT2D eigenvalue weighted by Gasteiger charge is 2.27. The number of nitrogens with zero attached hydrogens (tertiary/aromatic N) is 3. The molecule has 0 aliphatic rings. The maximum atomic E-state index is 14.5. The van der Waals surface area contributed by atoms with E-state index in [4.69, 9.17) is 16.3 Å². The molecular formula is C23H28BrClFN5O2. The van der Waals surface area contributed by atoms with Crippen molar-refractivity contribution in [1.29, 1.82) is 0 Å². The zero-order chi connectivity index (χ0) is 24.3. The fourth-order valence-corrected chi connectivity index (χ4v) is 4.33. The average molecular weight is 541 g/mol. The van der Waals surface area contributed by atoms with Gasteiger partial charge in [-0.2, -0.15) is 4.98 Å². The van der Waals surface area contributed by atoms with Gasteiger partial charge in [-0.25, -0.2) is 13.7 Å². The maximum absolute atomic E-state index is 14.5. The van der Waals surface area contributed by atoms with Crippen LogP contribution in [0.1, 0.15) is 44.4 Å². The van der Waals surface area contributed by atoms with Gasteiger partial charge < -0.3 is 15.4 Å². The van der Waals surface area contributed by atoms with Crippen molar-refractivity contribution in [3.8, 4) is 0 Å². The highest BCUT2D eigenvalue weighted by molar-refractivity contribution is 9.10. The number of halogens is 3. The zero-order valence-electron chi connectivity index (χ0n) is 19.2. The second-order valence-corrected chi connectivity index (χ2v) is 9.95. The molecule has 7 nitrogen and oxygen atoms in total. The van der Waals surface area contributed by atoms with E-state index in [0.29, 0.717) is 17.0 Å². The zero-order valence-corrected chi connectivity index (χ0v) is 21.6. The first-order chi connectivity index (χ1) is 15.5. The van der Waals surface area contributed by atoms with Gasteiger partial charge in [-0.15, -0.1) is 5.10 Å². The van der Waals surface area contributed by atoms with Crippen molar-refractivity contribution in [2.24, 2.45) is 0 Å². The van der Waals surface area contributed by atoms with Crippen LogP contribution in [0.25, 0.3) is 5.52 Å². The minimum absolute atomic E-state index is 0.0719. The molecule has 2 atom stereocenters. The van der Waals surface area contributed by atoms with Crippen LogP contribution in [-0.4, -0.2) is 38.5 Å². The topological polar surface area (TPSA) is 80.5 Å². The number of aryl methyl sites for hydroxylation is 1. The highest BCUT2D eigenvalue weighted by Crippen LogP contribution is 2.33. The van der Waals surface area contributed by atoms with Crippen molar-refractivity contribution in [2.75, 3.05) is 5.32 Å². The minimum Gasteiger partial charge on any atom is -0.444 e. The number of hydrogen-bond donors (Lipinski definition) is 2. The molecule has 0 saturated heterocycles. The van der Waals surface area contributed by atoms with E-state index in [0.717, 1.165) is 22.2 Å². The van der Waals surface area contributed by atoms with Crippen LogP contribution in [0.2, 0.25) is 5.28 Å². The van der Waals surface area contributed by atoms with Crippen molar-refractivity contribution in [2.45, 2.75) is 65.4 Å². The van der Waals surface area contributed by atoms with E-state index >= 15 is 0 Å². The first-order valence-electron chi connectivity index (χ1n) is 10.6. The summed E-state index contributed by atoms with van der Waals surface area (Å²) < 4.78 is 22.0. The van der Waals surface area contributed by atoms with Gasteiger partial charge in [0.05, 0.1) is 6.04 Å². The second-order valence-electron chi connectivity index (χ2n) is 8.86. The number of hydrogen-bond acceptors (Lipinski definition) is 5. The van der Waals surface area contributed by atoms with Gasteiger partial charge >= 0.3 is 6.09 Å². The first kappa shape index (κ1) is 25.2. The molecule has 0 fully saturated rings. The van der Waals surface area contributed by atoms with Gasteiger partial charge in [0.25, 0.3) is 0 Å². The Morgan fingerprint density at radius 3 is 2.58 bits per heavy atom. The Morgan fingerprint density at radius 2 is 1.97 bits per heavy atom. The molecule has 2 aromatic heterocycles. The summed E-state index contributed by atoms with van der Waals surface area (Å²) >= 11 is 9.77. The molecule has 0 saturated carbocycles. The molecule has 1 aromatic carbocycles. The van der Waals surface area contributed by atoms with Gasteiger partial charge in [-0.05, 0) is 85.3 Å². The van der Waals surface area contributed by atoms with Gasteiger partial charge in [0.15, 0.2) is 5.82 Å². The SMILES string of the molecule is Cc1c(C[C@@H](NC(=O)OC(C)(C)C)[C@H](C)F)c(Br)n2nc(Cl)nc(NCc3ccccc3)c12. The van der Waals surface area contributed by atoms with E-state index in [2.05, 4.69) is 36.6 Å². The van der Waals surface area contributed by atoms with Gasteiger partial charge in [0.1, 0.15) is 21.9 Å². The standard InChI is InChI=1S/C23H28BrClFN5O2/c1-13-16(11-17(14(2)26)28-22(32)33-23(3,4)5)19(24)31-18(13)20(29-21(25)30-31)27-12-15-9-7-6-8-10-15/h6-10,14,17H,11-12H2,1-5H3,(H,28,32)(H,27,29,30)/t14-,17+/m0/s1. The van der Waals surface area contributed by atoms with Crippen molar-refractivity contribution in [3.63, 3.8) is 0 Å². The van der Waals surface area contributed by atoms with E-state index in [1.54, 1.807) is 25.3 Å². The van der Waals surface area contributed by atoms with Crippen LogP contribution >= 0.6 is 27.5 Å². The molecule has 0 spiro atoms. The molecule has 2 heterocycles. The number of alkyl carbamates (subject to hydrolysis) is 1. The van der Waals surface area contributed by atoms with Gasteiger partial charge in [0.2, 0.25) is 5.28 Å². The Kier molecular flexibility index (Phi) is 7.84. The van der Waals surface area contributed by atoms with Crippen molar-refractivity contribution < 1.29 is 13.9 Å². The Hall–Kier alpha value is -2.39. The Morgan fingerprint density at radius 1 is 1.30 bits per heavy atom. The molecular weight excluding hydrogens is 513 g/mol. The van der Waals surface area contributed by atoms with Gasteiger partial charge in [-0.1, -0.05) is 30.3 Å². The smallest absolute Gasteiger partial charge is 0.407 e. The number of aromatic nitrogens is 3. The molecule has 2 N–H and O–H groups in total. The molecule has 0 aliphatic carbocycles. The number of ether oxygens (including phenoxy) is 1. The van der Waals surface area contributed by atoms with Crippen LogP contribution in [0.4, 0.5) is 15.0 Å². The molecule has 0 unspecified atom stereocenters.